The zero-order valence-electron chi connectivity index (χ0n) is 9.64. The van der Waals surface area contributed by atoms with Crippen molar-refractivity contribution in [1.82, 2.24) is 9.97 Å². The maximum absolute atomic E-state index is 11.3. The number of rotatable bonds is 3. The van der Waals surface area contributed by atoms with Gasteiger partial charge in [-0.25, -0.2) is 0 Å². The highest BCUT2D eigenvalue weighted by Gasteiger charge is 2.19. The van der Waals surface area contributed by atoms with E-state index in [0.29, 0.717) is 17.4 Å². The smallest absolute Gasteiger partial charge is 0.344 e. The van der Waals surface area contributed by atoms with Crippen LogP contribution < -0.4 is 5.32 Å². The Morgan fingerprint density at radius 2 is 2.24 bits per heavy atom. The number of nitriles is 1. The average Bonchev–Trinajstić information content (AvgIpc) is 2.81. The van der Waals surface area contributed by atoms with E-state index in [0.717, 1.165) is 12.8 Å². The van der Waals surface area contributed by atoms with Gasteiger partial charge in [-0.2, -0.15) is 15.2 Å². The van der Waals surface area contributed by atoms with E-state index >= 15 is 0 Å². The fourth-order valence-electron chi connectivity index (χ4n) is 1.96. The number of anilines is 1. The van der Waals surface area contributed by atoms with E-state index in [2.05, 4.69) is 15.3 Å². The third kappa shape index (κ3) is 2.87. The van der Waals surface area contributed by atoms with Crippen LogP contribution in [0.15, 0.2) is 11.4 Å². The van der Waals surface area contributed by atoms with Crippen molar-refractivity contribution in [2.45, 2.75) is 36.9 Å². The highest BCUT2D eigenvalue weighted by molar-refractivity contribution is 7.90. The minimum atomic E-state index is -1.22. The van der Waals surface area contributed by atoms with Gasteiger partial charge in [-0.3, -0.25) is 0 Å². The van der Waals surface area contributed by atoms with Crippen molar-refractivity contribution in [2.24, 2.45) is 0 Å². The van der Waals surface area contributed by atoms with Crippen LogP contribution in [0.5, 0.6) is 0 Å². The number of nitrogens with one attached hydrogen (secondary N) is 1. The third-order valence-corrected chi connectivity index (χ3v) is 3.55. The third-order valence-electron chi connectivity index (χ3n) is 2.84. The topological polar surface area (TPSA) is 84.7 Å². The molecule has 90 valence electrons. The van der Waals surface area contributed by atoms with E-state index in [9.17, 15) is 4.55 Å². The molecule has 0 radical (unpaired) electrons. The molecule has 6 heteroatoms. The molecule has 1 aliphatic carbocycles. The zero-order valence-corrected chi connectivity index (χ0v) is 10.5. The summed E-state index contributed by atoms with van der Waals surface area (Å²) in [4.78, 5) is 8.07. The standard InChI is InChI=1S/C11H14N4OS/c1-17(16)11-13-7-8(6-12)10(15-11)14-9-4-2-3-5-9/h7,9H,2-5H2,1H3,(H,13,14,15). The summed E-state index contributed by atoms with van der Waals surface area (Å²) in [6.45, 7) is 0. The van der Waals surface area contributed by atoms with Crippen LogP contribution in [-0.2, 0) is 11.2 Å². The Labute approximate surface area is 103 Å². The van der Waals surface area contributed by atoms with Gasteiger partial charge in [-0.05, 0) is 12.8 Å². The van der Waals surface area contributed by atoms with Crippen LogP contribution in [0.2, 0.25) is 0 Å². The monoisotopic (exact) mass is 250 g/mol. The van der Waals surface area contributed by atoms with Crippen molar-refractivity contribution in [1.29, 1.82) is 5.26 Å². The first-order chi connectivity index (χ1) is 8.20. The van der Waals surface area contributed by atoms with Gasteiger partial charge < -0.3 is 9.87 Å². The van der Waals surface area contributed by atoms with Crippen molar-refractivity contribution in [3.8, 4) is 6.07 Å². The summed E-state index contributed by atoms with van der Waals surface area (Å²) in [7, 11) is 0. The van der Waals surface area contributed by atoms with Crippen molar-refractivity contribution < 1.29 is 4.55 Å². The van der Waals surface area contributed by atoms with Gasteiger partial charge in [-0.15, -0.1) is 0 Å². The normalized spacial score (nSPS) is 17.7. The van der Waals surface area contributed by atoms with Gasteiger partial charge in [-0.1, -0.05) is 12.8 Å². The van der Waals surface area contributed by atoms with E-state index < -0.39 is 11.2 Å². The number of nitrogens with zero attached hydrogens (tertiary/aromatic N) is 3. The Balaban J connectivity index is 2.22. The van der Waals surface area contributed by atoms with E-state index in [1.54, 1.807) is 0 Å². The highest BCUT2D eigenvalue weighted by atomic mass is 32.2. The van der Waals surface area contributed by atoms with Gasteiger partial charge in [0, 0.05) is 17.2 Å². The lowest BCUT2D eigenvalue weighted by atomic mass is 10.2. The Morgan fingerprint density at radius 3 is 2.82 bits per heavy atom. The molecule has 1 fully saturated rings. The quantitative estimate of drug-likeness (QED) is 0.648. The van der Waals surface area contributed by atoms with Crippen LogP contribution >= 0.6 is 0 Å². The maximum Gasteiger partial charge on any atom is 0.344 e. The minimum Gasteiger partial charge on any atom is -0.609 e. The molecular formula is C11H14N4OS. The summed E-state index contributed by atoms with van der Waals surface area (Å²) in [5.41, 5.74) is 0.408. The van der Waals surface area contributed by atoms with Gasteiger partial charge >= 0.3 is 5.16 Å². The van der Waals surface area contributed by atoms with Crippen molar-refractivity contribution in [3.05, 3.63) is 11.8 Å². The lowest BCUT2D eigenvalue weighted by Gasteiger charge is -2.13. The molecule has 0 spiro atoms. The molecule has 1 aromatic heterocycles. The molecule has 0 saturated heterocycles. The van der Waals surface area contributed by atoms with Gasteiger partial charge in [0.1, 0.15) is 17.9 Å². The Bertz CT molecular complexity index is 438. The van der Waals surface area contributed by atoms with Crippen LogP contribution in [0.3, 0.4) is 0 Å². The largest absolute Gasteiger partial charge is 0.609 e. The lowest BCUT2D eigenvalue weighted by molar-refractivity contribution is 0.591. The second-order valence-corrected chi connectivity index (χ2v) is 5.38. The molecule has 1 N–H and O–H groups in total. The molecule has 5 nitrogen and oxygen atoms in total. The van der Waals surface area contributed by atoms with E-state index in [-0.39, 0.29) is 5.16 Å². The molecule has 1 heterocycles. The molecule has 0 aliphatic heterocycles. The molecule has 2 rings (SSSR count). The van der Waals surface area contributed by atoms with Crippen LogP contribution in [0, 0.1) is 11.3 Å². The highest BCUT2D eigenvalue weighted by Crippen LogP contribution is 2.23. The Kier molecular flexibility index (Phi) is 3.82. The summed E-state index contributed by atoms with van der Waals surface area (Å²) in [5.74, 6) is 0.514. The summed E-state index contributed by atoms with van der Waals surface area (Å²) in [5, 5.41) is 12.5. The van der Waals surface area contributed by atoms with Gasteiger partial charge in [0.15, 0.2) is 5.82 Å². The van der Waals surface area contributed by atoms with Crippen LogP contribution in [0.1, 0.15) is 31.2 Å². The summed E-state index contributed by atoms with van der Waals surface area (Å²) >= 11 is -1.22. The van der Waals surface area contributed by atoms with Gasteiger partial charge in [0.2, 0.25) is 0 Å². The van der Waals surface area contributed by atoms with Crippen molar-refractivity contribution in [3.63, 3.8) is 0 Å². The molecule has 1 saturated carbocycles. The molecule has 0 bridgehead atoms. The number of aromatic nitrogens is 2. The van der Waals surface area contributed by atoms with Gasteiger partial charge in [0.25, 0.3) is 0 Å². The Hall–Kier alpha value is -1.32. The van der Waals surface area contributed by atoms with Gasteiger partial charge in [0.05, 0.1) is 6.20 Å². The average molecular weight is 250 g/mol. The number of hydrogen-bond donors (Lipinski definition) is 1. The van der Waals surface area contributed by atoms with E-state index in [1.165, 1.54) is 25.3 Å². The Morgan fingerprint density at radius 1 is 1.53 bits per heavy atom. The first-order valence-electron chi connectivity index (χ1n) is 5.58. The predicted octanol–water partition coefficient (Wildman–Crippen LogP) is 1.44. The fraction of sp³-hybridized carbons (Fsp3) is 0.545. The second-order valence-electron chi connectivity index (χ2n) is 4.11. The second kappa shape index (κ2) is 5.34. The van der Waals surface area contributed by atoms with Crippen molar-refractivity contribution in [2.75, 3.05) is 11.6 Å². The zero-order chi connectivity index (χ0) is 12.3. The van der Waals surface area contributed by atoms with Crippen LogP contribution in [0.25, 0.3) is 0 Å². The van der Waals surface area contributed by atoms with E-state index in [4.69, 9.17) is 5.26 Å². The SMILES string of the molecule is C[S+]([O-])c1ncc(C#N)c(NC2CCCC2)n1. The molecule has 1 aromatic rings. The molecule has 1 atom stereocenters. The fourth-order valence-corrected chi connectivity index (χ4v) is 2.38. The molecular weight excluding hydrogens is 236 g/mol. The molecule has 0 aromatic carbocycles. The summed E-state index contributed by atoms with van der Waals surface area (Å²) < 4.78 is 11.3. The van der Waals surface area contributed by atoms with E-state index in [1.807, 2.05) is 6.07 Å². The molecule has 1 aliphatic rings. The molecule has 17 heavy (non-hydrogen) atoms. The van der Waals surface area contributed by atoms with Crippen LogP contribution in [0.4, 0.5) is 5.82 Å². The number of hydrogen-bond acceptors (Lipinski definition) is 5. The maximum atomic E-state index is 11.3. The predicted molar refractivity (Wildman–Crippen MR) is 65.0 cm³/mol. The summed E-state index contributed by atoms with van der Waals surface area (Å²) in [6, 6.07) is 2.42. The first kappa shape index (κ1) is 12.1. The molecule has 1 unspecified atom stereocenters. The lowest BCUT2D eigenvalue weighted by Crippen LogP contribution is -2.18. The summed E-state index contributed by atoms with van der Waals surface area (Å²) in [6.07, 6.45) is 7.56. The first-order valence-corrected chi connectivity index (χ1v) is 7.13. The van der Waals surface area contributed by atoms with Crippen molar-refractivity contribution >= 4 is 17.0 Å². The molecule has 0 amide bonds. The van der Waals surface area contributed by atoms with Crippen LogP contribution in [-0.4, -0.2) is 26.8 Å². The minimum absolute atomic E-state index is 0.268.